The van der Waals surface area contributed by atoms with Crippen LogP contribution in [0.5, 0.6) is 0 Å². The molecule has 17 heavy (non-hydrogen) atoms. The van der Waals surface area contributed by atoms with Crippen molar-refractivity contribution in [3.05, 3.63) is 35.9 Å². The molecule has 2 aromatic rings. The molecule has 0 saturated carbocycles. The first kappa shape index (κ1) is 10.5. The maximum Gasteiger partial charge on any atom is 0.0807 e. The van der Waals surface area contributed by atoms with Gasteiger partial charge in [-0.2, -0.15) is 0 Å². The van der Waals surface area contributed by atoms with Gasteiger partial charge in [-0.25, -0.2) is 0 Å². The Morgan fingerprint density at radius 3 is 3.12 bits per heavy atom. The quantitative estimate of drug-likeness (QED) is 0.863. The van der Waals surface area contributed by atoms with Crippen LogP contribution in [0.2, 0.25) is 0 Å². The van der Waals surface area contributed by atoms with Crippen molar-refractivity contribution in [1.29, 1.82) is 0 Å². The van der Waals surface area contributed by atoms with Crippen LogP contribution in [-0.2, 0) is 19.5 Å². The molecule has 3 rings (SSSR count). The lowest BCUT2D eigenvalue weighted by Gasteiger charge is -2.20. The molecule has 0 aromatic carbocycles. The van der Waals surface area contributed by atoms with Crippen molar-refractivity contribution >= 4 is 0 Å². The second-order valence-corrected chi connectivity index (χ2v) is 4.49. The van der Waals surface area contributed by atoms with Gasteiger partial charge in [-0.15, -0.1) is 5.10 Å². The Labute approximate surface area is 99.7 Å². The largest absolute Gasteiger partial charge is 0.388 e. The van der Waals surface area contributed by atoms with Crippen LogP contribution in [0.3, 0.4) is 0 Å². The Morgan fingerprint density at radius 1 is 1.35 bits per heavy atom. The fraction of sp³-hybridized carbons (Fsp3) is 0.500. The van der Waals surface area contributed by atoms with Gasteiger partial charge in [0.15, 0.2) is 0 Å². The molecule has 2 heterocycles. The molecule has 0 amide bonds. The highest BCUT2D eigenvalue weighted by atomic mass is 16.3. The first-order valence-corrected chi connectivity index (χ1v) is 6.04. The van der Waals surface area contributed by atoms with Crippen molar-refractivity contribution in [2.45, 2.75) is 38.5 Å². The summed E-state index contributed by atoms with van der Waals surface area (Å²) in [5.41, 5.74) is 2.39. The SMILES string of the molecule is OC1CCCc2c1ccn2CCn1ccnn1. The second-order valence-electron chi connectivity index (χ2n) is 4.49. The van der Waals surface area contributed by atoms with Gasteiger partial charge in [0.1, 0.15) is 0 Å². The lowest BCUT2D eigenvalue weighted by Crippen LogP contribution is -2.14. The molecular weight excluding hydrogens is 216 g/mol. The Bertz CT molecular complexity index is 489. The van der Waals surface area contributed by atoms with E-state index in [2.05, 4.69) is 21.1 Å². The van der Waals surface area contributed by atoms with Gasteiger partial charge in [-0.1, -0.05) is 5.21 Å². The lowest BCUT2D eigenvalue weighted by molar-refractivity contribution is 0.155. The molecule has 5 nitrogen and oxygen atoms in total. The van der Waals surface area contributed by atoms with Crippen molar-refractivity contribution in [3.63, 3.8) is 0 Å². The second kappa shape index (κ2) is 4.33. The number of fused-ring (bicyclic) bond motifs is 1. The summed E-state index contributed by atoms with van der Waals surface area (Å²) in [7, 11) is 0. The van der Waals surface area contributed by atoms with Crippen LogP contribution in [0.15, 0.2) is 24.7 Å². The Balaban J connectivity index is 1.75. The third-order valence-electron chi connectivity index (χ3n) is 3.41. The first-order chi connectivity index (χ1) is 8.34. The van der Waals surface area contributed by atoms with E-state index in [9.17, 15) is 5.11 Å². The molecule has 0 aliphatic heterocycles. The summed E-state index contributed by atoms with van der Waals surface area (Å²) >= 11 is 0. The van der Waals surface area contributed by atoms with Gasteiger partial charge in [-0.3, -0.25) is 4.68 Å². The lowest BCUT2D eigenvalue weighted by atomic mass is 9.95. The minimum absolute atomic E-state index is 0.272. The number of aliphatic hydroxyl groups excluding tert-OH is 1. The predicted molar refractivity (Wildman–Crippen MR) is 62.4 cm³/mol. The molecule has 0 fully saturated rings. The van der Waals surface area contributed by atoms with Gasteiger partial charge in [-0.05, 0) is 25.3 Å². The van der Waals surface area contributed by atoms with E-state index in [-0.39, 0.29) is 6.10 Å². The predicted octanol–water partition coefficient (Wildman–Crippen LogP) is 1.15. The van der Waals surface area contributed by atoms with E-state index < -0.39 is 0 Å². The topological polar surface area (TPSA) is 55.9 Å². The third-order valence-corrected chi connectivity index (χ3v) is 3.41. The number of hydrogen-bond donors (Lipinski definition) is 1. The summed E-state index contributed by atoms with van der Waals surface area (Å²) in [6.45, 7) is 1.70. The van der Waals surface area contributed by atoms with E-state index >= 15 is 0 Å². The highest BCUT2D eigenvalue weighted by molar-refractivity contribution is 5.27. The van der Waals surface area contributed by atoms with Crippen molar-refractivity contribution in [2.24, 2.45) is 0 Å². The first-order valence-electron chi connectivity index (χ1n) is 6.04. The van der Waals surface area contributed by atoms with Gasteiger partial charge in [0.05, 0.1) is 18.8 Å². The number of hydrogen-bond acceptors (Lipinski definition) is 3. The maximum absolute atomic E-state index is 9.89. The van der Waals surface area contributed by atoms with Gasteiger partial charge < -0.3 is 9.67 Å². The molecule has 0 bridgehead atoms. The average Bonchev–Trinajstić information content (AvgIpc) is 2.95. The Morgan fingerprint density at radius 2 is 2.29 bits per heavy atom. The molecule has 0 radical (unpaired) electrons. The van der Waals surface area contributed by atoms with Crippen LogP contribution in [-0.4, -0.2) is 24.7 Å². The summed E-state index contributed by atoms with van der Waals surface area (Å²) in [6, 6.07) is 2.04. The highest BCUT2D eigenvalue weighted by Crippen LogP contribution is 2.30. The zero-order valence-corrected chi connectivity index (χ0v) is 9.66. The molecule has 0 saturated heterocycles. The Hall–Kier alpha value is -1.62. The van der Waals surface area contributed by atoms with Crippen molar-refractivity contribution in [2.75, 3.05) is 0 Å². The molecule has 5 heteroatoms. The van der Waals surface area contributed by atoms with Crippen molar-refractivity contribution < 1.29 is 5.11 Å². The summed E-state index contributed by atoms with van der Waals surface area (Å²) in [6.07, 6.45) is 8.38. The minimum atomic E-state index is -0.272. The van der Waals surface area contributed by atoms with Gasteiger partial charge in [0.2, 0.25) is 0 Å². The van der Waals surface area contributed by atoms with E-state index in [0.717, 1.165) is 37.9 Å². The molecule has 90 valence electrons. The highest BCUT2D eigenvalue weighted by Gasteiger charge is 2.20. The fourth-order valence-electron chi connectivity index (χ4n) is 2.50. The smallest absolute Gasteiger partial charge is 0.0807 e. The molecule has 2 aromatic heterocycles. The molecule has 1 atom stereocenters. The number of aromatic nitrogens is 4. The van der Waals surface area contributed by atoms with E-state index in [4.69, 9.17) is 0 Å². The summed E-state index contributed by atoms with van der Waals surface area (Å²) < 4.78 is 4.05. The third kappa shape index (κ3) is 1.98. The van der Waals surface area contributed by atoms with Crippen LogP contribution < -0.4 is 0 Å². The number of rotatable bonds is 3. The van der Waals surface area contributed by atoms with E-state index in [1.54, 1.807) is 6.20 Å². The molecule has 1 aliphatic rings. The van der Waals surface area contributed by atoms with Crippen molar-refractivity contribution in [3.8, 4) is 0 Å². The monoisotopic (exact) mass is 232 g/mol. The van der Waals surface area contributed by atoms with E-state index in [1.807, 2.05) is 16.9 Å². The standard InChI is InChI=1S/C12H16N4O/c17-12-3-1-2-11-10(12)4-6-15(11)8-9-16-7-5-13-14-16/h4-7,12,17H,1-3,8-9H2. The zero-order chi connectivity index (χ0) is 11.7. The molecule has 1 unspecified atom stereocenters. The molecule has 1 aliphatic carbocycles. The normalized spacial score (nSPS) is 19.2. The molecular formula is C12H16N4O. The zero-order valence-electron chi connectivity index (χ0n) is 9.66. The van der Waals surface area contributed by atoms with Crippen LogP contribution >= 0.6 is 0 Å². The number of nitrogens with zero attached hydrogens (tertiary/aromatic N) is 4. The molecule has 0 spiro atoms. The van der Waals surface area contributed by atoms with E-state index in [1.165, 1.54) is 5.69 Å². The molecule has 1 N–H and O–H groups in total. The number of aliphatic hydroxyl groups is 1. The van der Waals surface area contributed by atoms with Crippen LogP contribution in [0.1, 0.15) is 30.2 Å². The number of aryl methyl sites for hydroxylation is 2. The summed E-state index contributed by atoms with van der Waals surface area (Å²) in [5, 5.41) is 17.6. The van der Waals surface area contributed by atoms with Crippen LogP contribution in [0.4, 0.5) is 0 Å². The summed E-state index contributed by atoms with van der Waals surface area (Å²) in [5.74, 6) is 0. The Kier molecular flexibility index (Phi) is 2.68. The minimum Gasteiger partial charge on any atom is -0.388 e. The van der Waals surface area contributed by atoms with Gasteiger partial charge in [0, 0.05) is 30.2 Å². The average molecular weight is 232 g/mol. The van der Waals surface area contributed by atoms with Crippen molar-refractivity contribution in [1.82, 2.24) is 19.6 Å². The van der Waals surface area contributed by atoms with Gasteiger partial charge in [0.25, 0.3) is 0 Å². The van der Waals surface area contributed by atoms with Gasteiger partial charge >= 0.3 is 0 Å². The van der Waals surface area contributed by atoms with E-state index in [0.29, 0.717) is 0 Å². The van der Waals surface area contributed by atoms with Crippen LogP contribution in [0.25, 0.3) is 0 Å². The maximum atomic E-state index is 9.89. The van der Waals surface area contributed by atoms with Crippen LogP contribution in [0, 0.1) is 0 Å². The summed E-state index contributed by atoms with van der Waals surface area (Å²) in [4.78, 5) is 0. The fourth-order valence-corrected chi connectivity index (χ4v) is 2.50.